The number of hydrogen-bond donors (Lipinski definition) is 1. The molecule has 0 spiro atoms. The summed E-state index contributed by atoms with van der Waals surface area (Å²) < 4.78 is 4.92. The fraction of sp³-hybridized carbons (Fsp3) is 0.500. The molecule has 0 saturated heterocycles. The Balaban J connectivity index is 2.20. The van der Waals surface area contributed by atoms with Gasteiger partial charge in [0, 0.05) is 5.69 Å². The highest BCUT2D eigenvalue weighted by molar-refractivity contribution is 5.86. The molecular formula is C14H19NO2. The van der Waals surface area contributed by atoms with Crippen molar-refractivity contribution in [2.75, 3.05) is 12.4 Å². The topological polar surface area (TPSA) is 38.3 Å². The molecular weight excluding hydrogens is 214 g/mol. The average molecular weight is 233 g/mol. The third-order valence-electron chi connectivity index (χ3n) is 3.49. The maximum atomic E-state index is 11.9. The fourth-order valence-electron chi connectivity index (χ4n) is 2.62. The van der Waals surface area contributed by atoms with Gasteiger partial charge in [-0.3, -0.25) is 0 Å². The maximum absolute atomic E-state index is 11.9. The smallest absolute Gasteiger partial charge is 0.331 e. The van der Waals surface area contributed by atoms with Crippen LogP contribution in [0.4, 0.5) is 5.69 Å². The summed E-state index contributed by atoms with van der Waals surface area (Å²) in [5.41, 5.74) is 1.65. The molecule has 3 nitrogen and oxygen atoms in total. The highest BCUT2D eigenvalue weighted by Crippen LogP contribution is 2.41. The van der Waals surface area contributed by atoms with E-state index in [-0.39, 0.29) is 5.97 Å². The minimum Gasteiger partial charge on any atom is -0.467 e. The Morgan fingerprint density at radius 3 is 2.59 bits per heavy atom. The molecule has 1 N–H and O–H groups in total. The van der Waals surface area contributed by atoms with Gasteiger partial charge in [0.15, 0.2) is 0 Å². The summed E-state index contributed by atoms with van der Waals surface area (Å²) in [4.78, 5) is 11.9. The molecule has 0 aromatic heterocycles. The molecule has 0 unspecified atom stereocenters. The zero-order chi connectivity index (χ0) is 12.5. The molecule has 3 heteroatoms. The van der Waals surface area contributed by atoms with Gasteiger partial charge >= 0.3 is 5.97 Å². The van der Waals surface area contributed by atoms with Crippen LogP contribution in [-0.2, 0) is 9.53 Å². The summed E-state index contributed by atoms with van der Waals surface area (Å²) in [5, 5.41) is 3.37. The van der Waals surface area contributed by atoms with Crippen molar-refractivity contribution in [1.29, 1.82) is 0 Å². The van der Waals surface area contributed by atoms with Crippen LogP contribution in [0.5, 0.6) is 0 Å². The number of aryl methyl sites for hydroxylation is 1. The van der Waals surface area contributed by atoms with Gasteiger partial charge in [-0.25, -0.2) is 4.79 Å². The molecule has 92 valence electrons. The second-order valence-electron chi connectivity index (χ2n) is 5.03. The first-order valence-electron chi connectivity index (χ1n) is 5.99. The molecule has 1 aliphatic carbocycles. The number of esters is 1. The number of carbonyl (C=O) groups excluding carboxylic acids is 1. The molecule has 0 heterocycles. The second-order valence-corrected chi connectivity index (χ2v) is 5.03. The third-order valence-corrected chi connectivity index (χ3v) is 3.49. The third kappa shape index (κ3) is 2.14. The van der Waals surface area contributed by atoms with Crippen molar-refractivity contribution in [3.63, 3.8) is 0 Å². The number of anilines is 1. The molecule has 0 amide bonds. The Morgan fingerprint density at radius 2 is 2.06 bits per heavy atom. The predicted octanol–water partition coefficient (Wildman–Crippen LogP) is 2.75. The largest absolute Gasteiger partial charge is 0.467 e. The standard InChI is InChI=1S/C14H19NO2/c1-10-8-14(9-10,13(16)17-3)15-12-7-5-4-6-11(12)2/h4-7,10,15H,8-9H2,1-3H3. The van der Waals surface area contributed by atoms with Gasteiger partial charge in [0.05, 0.1) is 7.11 Å². The summed E-state index contributed by atoms with van der Waals surface area (Å²) in [6.45, 7) is 4.19. The Hall–Kier alpha value is -1.51. The lowest BCUT2D eigenvalue weighted by atomic mass is 9.69. The molecule has 1 fully saturated rings. The van der Waals surface area contributed by atoms with Crippen LogP contribution in [0.3, 0.4) is 0 Å². The van der Waals surface area contributed by atoms with Crippen molar-refractivity contribution in [2.24, 2.45) is 5.92 Å². The van der Waals surface area contributed by atoms with Crippen LogP contribution < -0.4 is 5.32 Å². The average Bonchev–Trinajstić information content (AvgIpc) is 2.28. The number of carbonyl (C=O) groups is 1. The second kappa shape index (κ2) is 4.40. The van der Waals surface area contributed by atoms with Gasteiger partial charge in [0.1, 0.15) is 5.54 Å². The molecule has 17 heavy (non-hydrogen) atoms. The van der Waals surface area contributed by atoms with Crippen molar-refractivity contribution in [3.05, 3.63) is 29.8 Å². The number of benzene rings is 1. The van der Waals surface area contributed by atoms with E-state index in [1.54, 1.807) is 0 Å². The van der Waals surface area contributed by atoms with E-state index in [4.69, 9.17) is 4.74 Å². The van der Waals surface area contributed by atoms with E-state index in [9.17, 15) is 4.79 Å². The van der Waals surface area contributed by atoms with Crippen LogP contribution in [0.15, 0.2) is 24.3 Å². The molecule has 2 rings (SSSR count). The number of rotatable bonds is 3. The normalized spacial score (nSPS) is 27.1. The first-order valence-corrected chi connectivity index (χ1v) is 5.99. The van der Waals surface area contributed by atoms with Crippen molar-refractivity contribution in [3.8, 4) is 0 Å². The number of methoxy groups -OCH3 is 1. The van der Waals surface area contributed by atoms with Crippen molar-refractivity contribution in [1.82, 2.24) is 0 Å². The van der Waals surface area contributed by atoms with Crippen molar-refractivity contribution >= 4 is 11.7 Å². The Morgan fingerprint density at radius 1 is 1.41 bits per heavy atom. The zero-order valence-corrected chi connectivity index (χ0v) is 10.6. The van der Waals surface area contributed by atoms with Crippen LogP contribution in [0.1, 0.15) is 25.3 Å². The van der Waals surface area contributed by atoms with Crippen LogP contribution in [0.2, 0.25) is 0 Å². The summed E-state index contributed by atoms with van der Waals surface area (Å²) in [7, 11) is 1.45. The fourth-order valence-corrected chi connectivity index (χ4v) is 2.62. The van der Waals surface area contributed by atoms with Gasteiger partial charge in [0.25, 0.3) is 0 Å². The van der Waals surface area contributed by atoms with Gasteiger partial charge in [-0.2, -0.15) is 0 Å². The zero-order valence-electron chi connectivity index (χ0n) is 10.6. The highest BCUT2D eigenvalue weighted by atomic mass is 16.5. The van der Waals surface area contributed by atoms with Crippen molar-refractivity contribution < 1.29 is 9.53 Å². The Labute approximate surface area is 102 Å². The summed E-state index contributed by atoms with van der Waals surface area (Å²) in [6.07, 6.45) is 1.68. The molecule has 0 aliphatic heterocycles. The summed E-state index contributed by atoms with van der Waals surface area (Å²) in [5.74, 6) is 0.421. The van der Waals surface area contributed by atoms with E-state index >= 15 is 0 Å². The van der Waals surface area contributed by atoms with Gasteiger partial charge in [0.2, 0.25) is 0 Å². The van der Waals surface area contributed by atoms with Crippen molar-refractivity contribution in [2.45, 2.75) is 32.2 Å². The van der Waals surface area contributed by atoms with Crippen LogP contribution in [0, 0.1) is 12.8 Å². The van der Waals surface area contributed by atoms with E-state index in [2.05, 4.69) is 12.2 Å². The molecule has 0 bridgehead atoms. The van der Waals surface area contributed by atoms with E-state index in [1.165, 1.54) is 7.11 Å². The lowest BCUT2D eigenvalue weighted by Gasteiger charge is -2.45. The lowest BCUT2D eigenvalue weighted by Crippen LogP contribution is -2.56. The van der Waals surface area contributed by atoms with Crippen LogP contribution in [-0.4, -0.2) is 18.6 Å². The summed E-state index contributed by atoms with van der Waals surface area (Å²) >= 11 is 0. The molecule has 0 radical (unpaired) electrons. The number of para-hydroxylation sites is 1. The number of nitrogens with one attached hydrogen (secondary N) is 1. The van der Waals surface area contributed by atoms with Gasteiger partial charge < -0.3 is 10.1 Å². The minimum atomic E-state index is -0.514. The first kappa shape index (κ1) is 12.0. The highest BCUT2D eigenvalue weighted by Gasteiger charge is 2.49. The predicted molar refractivity (Wildman–Crippen MR) is 67.9 cm³/mol. The SMILES string of the molecule is COC(=O)C1(Nc2ccccc2C)CC(C)C1. The van der Waals surface area contributed by atoms with Gasteiger partial charge in [-0.1, -0.05) is 25.1 Å². The minimum absolute atomic E-state index is 0.154. The maximum Gasteiger partial charge on any atom is 0.331 e. The molecule has 1 aromatic rings. The van der Waals surface area contributed by atoms with E-state index in [0.29, 0.717) is 5.92 Å². The Kier molecular flexibility index (Phi) is 3.09. The van der Waals surface area contributed by atoms with Gasteiger partial charge in [-0.05, 0) is 37.3 Å². The summed E-state index contributed by atoms with van der Waals surface area (Å²) in [6, 6.07) is 8.01. The van der Waals surface area contributed by atoms with Crippen LogP contribution >= 0.6 is 0 Å². The van der Waals surface area contributed by atoms with E-state index < -0.39 is 5.54 Å². The van der Waals surface area contributed by atoms with Crippen LogP contribution in [0.25, 0.3) is 0 Å². The quantitative estimate of drug-likeness (QED) is 0.816. The number of hydrogen-bond acceptors (Lipinski definition) is 3. The van der Waals surface area contributed by atoms with E-state index in [1.807, 2.05) is 31.2 Å². The molecule has 0 atom stereocenters. The lowest BCUT2D eigenvalue weighted by molar-refractivity contribution is -0.150. The molecule has 1 saturated carbocycles. The van der Waals surface area contributed by atoms with E-state index in [0.717, 1.165) is 24.1 Å². The van der Waals surface area contributed by atoms with Gasteiger partial charge in [-0.15, -0.1) is 0 Å². The number of ether oxygens (including phenoxy) is 1. The Bertz CT molecular complexity index is 422. The first-order chi connectivity index (χ1) is 8.07. The monoisotopic (exact) mass is 233 g/mol. The molecule has 1 aliphatic rings. The molecule has 1 aromatic carbocycles.